The number of aromatic nitrogens is 2. The predicted octanol–water partition coefficient (Wildman–Crippen LogP) is 8.06. The third kappa shape index (κ3) is 12.3. The van der Waals surface area contributed by atoms with Gasteiger partial charge in [-0.25, -0.2) is 5.43 Å². The highest BCUT2D eigenvalue weighted by atomic mass is 16.5. The maximum Gasteiger partial charge on any atom is 0.293 e. The highest BCUT2D eigenvalue weighted by Gasteiger charge is 2.36. The number of piperidine rings is 1. The molecule has 4 atom stereocenters. The summed E-state index contributed by atoms with van der Waals surface area (Å²) >= 11 is 0. The molecule has 15 nitrogen and oxygen atoms in total. The van der Waals surface area contributed by atoms with E-state index in [0.29, 0.717) is 44.9 Å². The van der Waals surface area contributed by atoms with Crippen LogP contribution < -0.4 is 20.4 Å². The van der Waals surface area contributed by atoms with E-state index in [1.165, 1.54) is 12.8 Å². The Bertz CT molecular complexity index is 2570. The molecular formula is C59H84N8O7. The Labute approximate surface area is 439 Å². The molecule has 1 saturated carbocycles. The molecule has 74 heavy (non-hydrogen) atoms. The average molecular weight is 1020 g/mol. The molecular weight excluding hydrogens is 933 g/mol. The van der Waals surface area contributed by atoms with E-state index >= 15 is 0 Å². The van der Waals surface area contributed by atoms with E-state index in [4.69, 9.17) is 23.9 Å². The van der Waals surface area contributed by atoms with Crippen molar-refractivity contribution < 1.29 is 33.3 Å². The summed E-state index contributed by atoms with van der Waals surface area (Å²) in [5.41, 5.74) is 12.1. The summed E-state index contributed by atoms with van der Waals surface area (Å²) in [5.74, 6) is 0.218. The van der Waals surface area contributed by atoms with Gasteiger partial charge in [-0.3, -0.25) is 29.3 Å². The molecule has 0 radical (unpaired) electrons. The monoisotopic (exact) mass is 1020 g/mol. The first-order chi connectivity index (χ1) is 35.8. The van der Waals surface area contributed by atoms with Crippen LogP contribution in [0, 0.1) is 23.2 Å². The van der Waals surface area contributed by atoms with E-state index < -0.39 is 17.4 Å². The number of pyridine rings is 1. The van der Waals surface area contributed by atoms with Crippen molar-refractivity contribution in [3.8, 4) is 28.1 Å². The Balaban J connectivity index is 1.16. The smallest absolute Gasteiger partial charge is 0.293 e. The first kappa shape index (κ1) is 53.8. The van der Waals surface area contributed by atoms with Gasteiger partial charge in [0.2, 0.25) is 5.91 Å². The van der Waals surface area contributed by atoms with E-state index in [0.717, 1.165) is 133 Å². The first-order valence-corrected chi connectivity index (χ1v) is 28.0. The molecule has 1 aliphatic carbocycles. The van der Waals surface area contributed by atoms with E-state index in [2.05, 4.69) is 115 Å². The molecule has 15 heteroatoms. The van der Waals surface area contributed by atoms with Gasteiger partial charge in [-0.1, -0.05) is 46.8 Å². The molecule has 4 fully saturated rings. The molecule has 9 rings (SSSR count). The van der Waals surface area contributed by atoms with Gasteiger partial charge in [0.25, 0.3) is 12.4 Å². The van der Waals surface area contributed by atoms with Crippen LogP contribution in [0.3, 0.4) is 0 Å². The van der Waals surface area contributed by atoms with Crippen molar-refractivity contribution >= 4 is 34.9 Å². The molecule has 4 aromatic rings. The quantitative estimate of drug-likeness (QED) is 0.105. The number of ether oxygens (including phenoxy) is 4. The summed E-state index contributed by atoms with van der Waals surface area (Å²) in [6.45, 7) is 25.3. The van der Waals surface area contributed by atoms with E-state index in [1.54, 1.807) is 12.1 Å². The Kier molecular flexibility index (Phi) is 17.3. The van der Waals surface area contributed by atoms with Gasteiger partial charge in [-0.15, -0.1) is 0 Å². The van der Waals surface area contributed by atoms with Gasteiger partial charge in [0.15, 0.2) is 0 Å². The van der Waals surface area contributed by atoms with Crippen LogP contribution in [0.5, 0.6) is 5.75 Å². The second-order valence-electron chi connectivity index (χ2n) is 22.9. The zero-order valence-corrected chi connectivity index (χ0v) is 45.6. The lowest BCUT2D eigenvalue weighted by atomic mass is 9.84. The summed E-state index contributed by atoms with van der Waals surface area (Å²) in [4.78, 5) is 53.5. The van der Waals surface area contributed by atoms with Crippen LogP contribution >= 0.6 is 0 Å². The summed E-state index contributed by atoms with van der Waals surface area (Å²) < 4.78 is 27.7. The SMILES string of the molecule is CCN1CCC(C2COc3cc(cc(-c4ccc5c(c4)c(CC(C)(C)COC=O)c(-c4cc(N6CCN(C7CC7)CC6)cnc4C(C)OC)n5CC)c3)CC(C(=O)N3CCCCN3)NC(=O)[C@H](C(C)C)CO2)CC1. The number of hydrogen-bond acceptors (Lipinski definition) is 12. The fraction of sp³-hybridized carbons (Fsp3) is 0.627. The minimum atomic E-state index is -0.812. The minimum Gasteiger partial charge on any atom is -0.491 e. The standard InChI is InChI=1S/C59H84N8O7/c1-9-63-21-17-42(18-22-63)54-36-73-47-28-41(29-52(58(70)67-20-12-11-19-61-67)62-57(69)51(35-74-54)39(3)4)27-44(30-47)43-13-16-53-48(31-43)50(33-59(6,7)37-72-38-68)56(66(53)10-2)49-32-46(34-60-55(49)40(5)71-8)65-25-23-64(24-26-65)45-14-15-45/h13,16,27-28,30-32,34,38-40,42,45,51-52,54,61H,9-12,14-15,17-26,29,33,35-37H2,1-8H3,(H,62,69)/t40?,51-,52?,54?/m0/s1. The van der Waals surface area contributed by atoms with Crippen LogP contribution in [-0.4, -0.2) is 147 Å². The van der Waals surface area contributed by atoms with Crippen molar-refractivity contribution in [1.82, 2.24) is 35.1 Å². The zero-order chi connectivity index (χ0) is 52.1. The molecule has 3 unspecified atom stereocenters. The number of likely N-dealkylation sites (tertiary alicyclic amines) is 1. The number of hydrazine groups is 1. The van der Waals surface area contributed by atoms with E-state index in [9.17, 15) is 14.4 Å². The fourth-order valence-corrected chi connectivity index (χ4v) is 12.0. The lowest BCUT2D eigenvalue weighted by Gasteiger charge is -2.36. The number of carbonyl (C=O) groups is 3. The molecule has 402 valence electrons. The van der Waals surface area contributed by atoms with Crippen molar-refractivity contribution in [3.05, 3.63) is 65.5 Å². The molecule has 4 aliphatic heterocycles. The molecule has 2 bridgehead atoms. The normalized spacial score (nSPS) is 22.7. The Morgan fingerprint density at radius 1 is 0.919 bits per heavy atom. The second-order valence-corrected chi connectivity index (χ2v) is 22.9. The maximum absolute atomic E-state index is 14.5. The summed E-state index contributed by atoms with van der Waals surface area (Å²) in [5, 5.41) is 6.05. The number of fused-ring (bicyclic) bond motifs is 3. The van der Waals surface area contributed by atoms with Crippen LogP contribution in [0.4, 0.5) is 5.69 Å². The van der Waals surface area contributed by atoms with Gasteiger partial charge >= 0.3 is 0 Å². The number of anilines is 1. The Morgan fingerprint density at radius 2 is 1.70 bits per heavy atom. The number of rotatable bonds is 16. The molecule has 2 aromatic carbocycles. The van der Waals surface area contributed by atoms with Gasteiger partial charge < -0.3 is 38.6 Å². The highest BCUT2D eigenvalue weighted by Crippen LogP contribution is 2.44. The number of amides is 2. The second kappa shape index (κ2) is 23.9. The minimum absolute atomic E-state index is 0.00546. The zero-order valence-electron chi connectivity index (χ0n) is 45.6. The van der Waals surface area contributed by atoms with Gasteiger partial charge in [0.1, 0.15) is 18.4 Å². The van der Waals surface area contributed by atoms with Crippen molar-refractivity contribution in [2.24, 2.45) is 23.2 Å². The molecule has 2 amide bonds. The largest absolute Gasteiger partial charge is 0.491 e. The third-order valence-electron chi connectivity index (χ3n) is 16.7. The first-order valence-electron chi connectivity index (χ1n) is 28.0. The fourth-order valence-electron chi connectivity index (χ4n) is 12.0. The number of hydrogen-bond donors (Lipinski definition) is 2. The lowest BCUT2D eigenvalue weighted by Crippen LogP contribution is -2.57. The lowest BCUT2D eigenvalue weighted by molar-refractivity contribution is -0.142. The number of benzene rings is 2. The van der Waals surface area contributed by atoms with Crippen LogP contribution in [0.15, 0.2) is 48.7 Å². The van der Waals surface area contributed by atoms with E-state index in [1.807, 2.05) is 12.3 Å². The number of piperazine rings is 1. The van der Waals surface area contributed by atoms with Gasteiger partial charge in [-0.05, 0) is 143 Å². The van der Waals surface area contributed by atoms with Crippen molar-refractivity contribution in [3.63, 3.8) is 0 Å². The van der Waals surface area contributed by atoms with Crippen LogP contribution in [-0.2, 0) is 48.0 Å². The molecule has 6 heterocycles. The van der Waals surface area contributed by atoms with Crippen molar-refractivity contribution in [2.45, 2.75) is 131 Å². The van der Waals surface area contributed by atoms with Crippen LogP contribution in [0.25, 0.3) is 33.3 Å². The molecule has 0 spiro atoms. The maximum atomic E-state index is 14.5. The number of methoxy groups -OCH3 is 1. The molecule has 2 N–H and O–H groups in total. The molecule has 2 aromatic heterocycles. The van der Waals surface area contributed by atoms with Gasteiger partial charge in [0.05, 0.1) is 54.6 Å². The summed E-state index contributed by atoms with van der Waals surface area (Å²) in [6.07, 6.45) is 8.93. The average Bonchev–Trinajstić information content (AvgIpc) is 4.23. The van der Waals surface area contributed by atoms with Gasteiger partial charge in [0, 0.05) is 87.3 Å². The van der Waals surface area contributed by atoms with Crippen LogP contribution in [0.1, 0.15) is 110 Å². The predicted molar refractivity (Wildman–Crippen MR) is 291 cm³/mol. The van der Waals surface area contributed by atoms with Crippen LogP contribution in [0.2, 0.25) is 0 Å². The van der Waals surface area contributed by atoms with Gasteiger partial charge in [-0.2, -0.15) is 0 Å². The molecule has 5 aliphatic rings. The number of nitrogens with zero attached hydrogens (tertiary/aromatic N) is 6. The number of nitrogens with one attached hydrogen (secondary N) is 2. The van der Waals surface area contributed by atoms with E-state index in [-0.39, 0.29) is 55.5 Å². The van der Waals surface area contributed by atoms with Crippen molar-refractivity contribution in [2.75, 3.05) is 90.7 Å². The Morgan fingerprint density at radius 3 is 2.38 bits per heavy atom. The number of aryl methyl sites for hydroxylation is 1. The molecule has 3 saturated heterocycles. The Hall–Kier alpha value is -5.06. The summed E-state index contributed by atoms with van der Waals surface area (Å²) in [6, 6.07) is 15.3. The highest BCUT2D eigenvalue weighted by molar-refractivity contribution is 5.96. The topological polar surface area (TPSA) is 143 Å². The third-order valence-corrected chi connectivity index (χ3v) is 16.7. The summed E-state index contributed by atoms with van der Waals surface area (Å²) in [7, 11) is 1.74. The van der Waals surface area contributed by atoms with Crippen molar-refractivity contribution in [1.29, 1.82) is 0 Å². The number of carbonyl (C=O) groups excluding carboxylic acids is 3.